The molecule has 0 saturated carbocycles. The zero-order valence-corrected chi connectivity index (χ0v) is 13.7. The van der Waals surface area contributed by atoms with E-state index < -0.39 is 0 Å². The number of likely N-dealkylation sites (tertiary alicyclic amines) is 1. The van der Waals surface area contributed by atoms with E-state index in [-0.39, 0.29) is 18.6 Å². The summed E-state index contributed by atoms with van der Waals surface area (Å²) in [6, 6.07) is 7.20. The summed E-state index contributed by atoms with van der Waals surface area (Å²) >= 11 is 0. The van der Waals surface area contributed by atoms with Gasteiger partial charge in [0.2, 0.25) is 0 Å². The average Bonchev–Trinajstić information content (AvgIpc) is 3.01. The summed E-state index contributed by atoms with van der Waals surface area (Å²) in [5, 5.41) is 6.74. The largest absolute Gasteiger partial charge is 0.497 e. The summed E-state index contributed by atoms with van der Waals surface area (Å²) in [5.41, 5.74) is 0. The molecule has 1 aliphatic heterocycles. The summed E-state index contributed by atoms with van der Waals surface area (Å²) in [7, 11) is 1.61. The van der Waals surface area contributed by atoms with Crippen molar-refractivity contribution >= 4 is 6.03 Å². The van der Waals surface area contributed by atoms with Crippen molar-refractivity contribution in [3.8, 4) is 11.5 Å². The Morgan fingerprint density at radius 1 is 1.33 bits per heavy atom. The summed E-state index contributed by atoms with van der Waals surface area (Å²) in [4.78, 5) is 17.7. The second kappa shape index (κ2) is 7.20. The molecule has 0 spiro atoms. The maximum Gasteiger partial charge on any atom is 0.317 e. The Morgan fingerprint density at radius 2 is 2.04 bits per heavy atom. The molecule has 8 nitrogen and oxygen atoms in total. The number of rotatable bonds is 6. The van der Waals surface area contributed by atoms with Gasteiger partial charge in [-0.05, 0) is 31.2 Å². The summed E-state index contributed by atoms with van der Waals surface area (Å²) < 4.78 is 15.9. The highest BCUT2D eigenvalue weighted by atomic mass is 16.5. The third kappa shape index (κ3) is 3.58. The van der Waals surface area contributed by atoms with E-state index in [9.17, 15) is 4.79 Å². The van der Waals surface area contributed by atoms with Crippen LogP contribution in [0.3, 0.4) is 0 Å². The first kappa shape index (κ1) is 16.1. The van der Waals surface area contributed by atoms with Crippen molar-refractivity contribution in [2.75, 3.05) is 26.7 Å². The van der Waals surface area contributed by atoms with E-state index >= 15 is 0 Å². The predicted molar refractivity (Wildman–Crippen MR) is 85.0 cm³/mol. The van der Waals surface area contributed by atoms with Gasteiger partial charge in [0.25, 0.3) is 5.89 Å². The van der Waals surface area contributed by atoms with Gasteiger partial charge >= 0.3 is 6.03 Å². The number of benzene rings is 1. The Bertz CT molecular complexity index is 680. The van der Waals surface area contributed by atoms with E-state index in [4.69, 9.17) is 14.0 Å². The van der Waals surface area contributed by atoms with Crippen LogP contribution in [0.25, 0.3) is 0 Å². The van der Waals surface area contributed by atoms with E-state index in [1.54, 1.807) is 12.0 Å². The fourth-order valence-corrected chi connectivity index (χ4v) is 2.38. The molecule has 1 N–H and O–H groups in total. The van der Waals surface area contributed by atoms with E-state index in [2.05, 4.69) is 15.5 Å². The number of methoxy groups -OCH3 is 1. The first-order valence-electron chi connectivity index (χ1n) is 7.81. The Hall–Kier alpha value is -2.77. The number of urea groups is 1. The molecule has 2 aromatic rings. The first-order chi connectivity index (χ1) is 11.7. The second-order valence-corrected chi connectivity index (χ2v) is 5.45. The zero-order chi connectivity index (χ0) is 16.9. The van der Waals surface area contributed by atoms with Gasteiger partial charge in [0, 0.05) is 19.6 Å². The molecule has 0 aliphatic carbocycles. The molecule has 2 amide bonds. The van der Waals surface area contributed by atoms with Crippen LogP contribution in [0.15, 0.2) is 28.8 Å². The van der Waals surface area contributed by atoms with Crippen molar-refractivity contribution in [1.82, 2.24) is 20.4 Å². The second-order valence-electron chi connectivity index (χ2n) is 5.45. The summed E-state index contributed by atoms with van der Waals surface area (Å²) in [6.45, 7) is 3.92. The molecule has 0 unspecified atom stereocenters. The van der Waals surface area contributed by atoms with Crippen molar-refractivity contribution in [2.45, 2.75) is 19.4 Å². The molecule has 0 atom stereocenters. The Kier molecular flexibility index (Phi) is 4.83. The van der Waals surface area contributed by atoms with E-state index in [1.165, 1.54) is 0 Å². The fraction of sp³-hybridized carbons (Fsp3) is 0.438. The molecule has 1 fully saturated rings. The SMILES string of the molecule is CCNC(=O)N1CC(c2noc(COc3ccc(OC)cc3)n2)C1. The van der Waals surface area contributed by atoms with Crippen LogP contribution in [0.1, 0.15) is 24.6 Å². The van der Waals surface area contributed by atoms with E-state index in [1.807, 2.05) is 31.2 Å². The molecule has 8 heteroatoms. The number of nitrogens with zero attached hydrogens (tertiary/aromatic N) is 3. The number of amides is 2. The Labute approximate surface area is 139 Å². The minimum absolute atomic E-state index is 0.0553. The van der Waals surface area contributed by atoms with E-state index in [0.29, 0.717) is 37.1 Å². The standard InChI is InChI=1S/C16H20N4O4/c1-3-17-16(21)20-8-11(9-20)15-18-14(24-19-15)10-23-13-6-4-12(22-2)5-7-13/h4-7,11H,3,8-10H2,1-2H3,(H,17,21). The zero-order valence-electron chi connectivity index (χ0n) is 13.7. The van der Waals surface area contributed by atoms with Gasteiger partial charge in [0.15, 0.2) is 12.4 Å². The monoisotopic (exact) mass is 332 g/mol. The van der Waals surface area contributed by atoms with Gasteiger partial charge in [0.05, 0.1) is 13.0 Å². The van der Waals surface area contributed by atoms with Gasteiger partial charge in [0.1, 0.15) is 11.5 Å². The van der Waals surface area contributed by atoms with Crippen LogP contribution in [0.4, 0.5) is 4.79 Å². The minimum atomic E-state index is -0.0553. The number of carbonyl (C=O) groups is 1. The van der Waals surface area contributed by atoms with Gasteiger partial charge in [-0.15, -0.1) is 0 Å². The lowest BCUT2D eigenvalue weighted by atomic mass is 10.0. The molecule has 1 aliphatic rings. The molecule has 128 valence electrons. The van der Waals surface area contributed by atoms with Gasteiger partial charge < -0.3 is 24.2 Å². The molecular formula is C16H20N4O4. The Morgan fingerprint density at radius 3 is 2.71 bits per heavy atom. The topological polar surface area (TPSA) is 89.7 Å². The number of aromatic nitrogens is 2. The molecule has 1 aromatic heterocycles. The van der Waals surface area contributed by atoms with Gasteiger partial charge in [-0.2, -0.15) is 4.98 Å². The number of hydrogen-bond donors (Lipinski definition) is 1. The van der Waals surface area contributed by atoms with Crippen molar-refractivity contribution in [2.24, 2.45) is 0 Å². The molecule has 24 heavy (non-hydrogen) atoms. The van der Waals surface area contributed by atoms with Crippen LogP contribution in [0, 0.1) is 0 Å². The minimum Gasteiger partial charge on any atom is -0.497 e. The lowest BCUT2D eigenvalue weighted by Crippen LogP contribution is -2.52. The smallest absolute Gasteiger partial charge is 0.317 e. The number of carbonyl (C=O) groups excluding carboxylic acids is 1. The molecule has 1 aromatic carbocycles. The third-order valence-corrected chi connectivity index (χ3v) is 3.77. The fourth-order valence-electron chi connectivity index (χ4n) is 2.38. The maximum atomic E-state index is 11.6. The summed E-state index contributed by atoms with van der Waals surface area (Å²) in [6.07, 6.45) is 0. The van der Waals surface area contributed by atoms with Crippen molar-refractivity contribution in [3.63, 3.8) is 0 Å². The van der Waals surface area contributed by atoms with E-state index in [0.717, 1.165) is 5.75 Å². The molecule has 0 bridgehead atoms. The lowest BCUT2D eigenvalue weighted by Gasteiger charge is -2.37. The predicted octanol–water partition coefficient (Wildman–Crippen LogP) is 1.79. The number of nitrogens with one attached hydrogen (secondary N) is 1. The quantitative estimate of drug-likeness (QED) is 0.867. The van der Waals surface area contributed by atoms with Crippen LogP contribution in [-0.4, -0.2) is 47.8 Å². The Balaban J connectivity index is 1.48. The highest BCUT2D eigenvalue weighted by Crippen LogP contribution is 2.25. The van der Waals surface area contributed by atoms with Crippen LogP contribution in [0.5, 0.6) is 11.5 Å². The molecular weight excluding hydrogens is 312 g/mol. The molecule has 2 heterocycles. The highest BCUT2D eigenvalue weighted by molar-refractivity contribution is 5.75. The van der Waals surface area contributed by atoms with Crippen molar-refractivity contribution in [3.05, 3.63) is 36.0 Å². The van der Waals surface area contributed by atoms with Crippen LogP contribution >= 0.6 is 0 Å². The highest BCUT2D eigenvalue weighted by Gasteiger charge is 2.34. The maximum absolute atomic E-state index is 11.6. The lowest BCUT2D eigenvalue weighted by molar-refractivity contribution is 0.147. The van der Waals surface area contributed by atoms with Crippen LogP contribution in [0.2, 0.25) is 0 Å². The van der Waals surface area contributed by atoms with Crippen molar-refractivity contribution < 1.29 is 18.8 Å². The molecule has 3 rings (SSSR count). The summed E-state index contributed by atoms with van der Waals surface area (Å²) in [5.74, 6) is 2.61. The first-order valence-corrected chi connectivity index (χ1v) is 7.81. The van der Waals surface area contributed by atoms with Crippen molar-refractivity contribution in [1.29, 1.82) is 0 Å². The van der Waals surface area contributed by atoms with Crippen LogP contribution < -0.4 is 14.8 Å². The van der Waals surface area contributed by atoms with Crippen LogP contribution in [-0.2, 0) is 6.61 Å². The van der Waals surface area contributed by atoms with Gasteiger partial charge in [-0.3, -0.25) is 0 Å². The number of hydrogen-bond acceptors (Lipinski definition) is 6. The molecule has 1 saturated heterocycles. The number of ether oxygens (including phenoxy) is 2. The van der Waals surface area contributed by atoms with Gasteiger partial charge in [-0.1, -0.05) is 5.16 Å². The average molecular weight is 332 g/mol. The normalized spacial score (nSPS) is 14.2. The third-order valence-electron chi connectivity index (χ3n) is 3.77. The van der Waals surface area contributed by atoms with Gasteiger partial charge in [-0.25, -0.2) is 4.79 Å². The molecule has 0 radical (unpaired) electrons.